The first kappa shape index (κ1) is 18.0. The quantitative estimate of drug-likeness (QED) is 0.684. The maximum atomic E-state index is 12.5. The Morgan fingerprint density at radius 1 is 1.00 bits per heavy atom. The van der Waals surface area contributed by atoms with Gasteiger partial charge in [-0.05, 0) is 54.8 Å². The van der Waals surface area contributed by atoms with E-state index in [1.165, 1.54) is 0 Å². The number of hydrogen-bond donors (Lipinski definition) is 1. The van der Waals surface area contributed by atoms with Crippen LogP contribution in [0.15, 0.2) is 72.9 Å². The van der Waals surface area contributed by atoms with Crippen molar-refractivity contribution in [1.29, 1.82) is 0 Å². The van der Waals surface area contributed by atoms with E-state index in [0.29, 0.717) is 18.0 Å². The Morgan fingerprint density at radius 2 is 1.75 bits per heavy atom. The summed E-state index contributed by atoms with van der Waals surface area (Å²) in [7, 11) is 0. The number of rotatable bonds is 6. The first-order valence-electron chi connectivity index (χ1n) is 9.57. The van der Waals surface area contributed by atoms with Gasteiger partial charge < -0.3 is 15.0 Å². The molecule has 5 heteroatoms. The van der Waals surface area contributed by atoms with Crippen LogP contribution in [0.1, 0.15) is 28.8 Å². The maximum Gasteiger partial charge on any atom is 0.254 e. The summed E-state index contributed by atoms with van der Waals surface area (Å²) in [6, 6.07) is 21.4. The Balaban J connectivity index is 1.37. The van der Waals surface area contributed by atoms with Crippen LogP contribution in [0.3, 0.4) is 0 Å². The highest BCUT2D eigenvalue weighted by molar-refractivity contribution is 5.95. The first-order valence-corrected chi connectivity index (χ1v) is 9.57. The lowest BCUT2D eigenvalue weighted by molar-refractivity contribution is 0.0793. The fourth-order valence-electron chi connectivity index (χ4n) is 3.26. The molecule has 0 bridgehead atoms. The average molecular weight is 373 g/mol. The topological polar surface area (TPSA) is 54.5 Å². The normalized spacial score (nSPS) is 13.4. The van der Waals surface area contributed by atoms with Crippen LogP contribution in [0.4, 0.5) is 11.5 Å². The van der Waals surface area contributed by atoms with Gasteiger partial charge in [-0.2, -0.15) is 0 Å². The van der Waals surface area contributed by atoms with E-state index < -0.39 is 0 Å². The van der Waals surface area contributed by atoms with E-state index in [4.69, 9.17) is 4.74 Å². The standard InChI is InChI=1S/C23H23N3O2/c27-23(26-14-4-5-15-26)19-12-13-24-22(16-19)25-20-8-10-21(11-9-20)28-17-18-6-2-1-3-7-18/h1-3,6-13,16H,4-5,14-15,17H2,(H,24,25). The van der Waals surface area contributed by atoms with Crippen molar-refractivity contribution in [3.05, 3.63) is 84.1 Å². The average Bonchev–Trinajstić information content (AvgIpc) is 3.29. The summed E-state index contributed by atoms with van der Waals surface area (Å²) in [5, 5.41) is 3.25. The number of amides is 1. The van der Waals surface area contributed by atoms with Gasteiger partial charge in [0.1, 0.15) is 18.2 Å². The van der Waals surface area contributed by atoms with E-state index in [-0.39, 0.29) is 5.91 Å². The third-order valence-electron chi connectivity index (χ3n) is 4.78. The number of nitrogens with one attached hydrogen (secondary N) is 1. The van der Waals surface area contributed by atoms with E-state index in [1.54, 1.807) is 18.3 Å². The van der Waals surface area contributed by atoms with Crippen molar-refractivity contribution in [2.75, 3.05) is 18.4 Å². The van der Waals surface area contributed by atoms with Gasteiger partial charge in [0.25, 0.3) is 5.91 Å². The lowest BCUT2D eigenvalue weighted by Gasteiger charge is -2.15. The lowest BCUT2D eigenvalue weighted by atomic mass is 10.2. The number of carbonyl (C=O) groups excluding carboxylic acids is 1. The number of benzene rings is 2. The van der Waals surface area contributed by atoms with E-state index in [1.807, 2.05) is 59.5 Å². The first-order chi connectivity index (χ1) is 13.8. The van der Waals surface area contributed by atoms with E-state index >= 15 is 0 Å². The number of ether oxygens (including phenoxy) is 1. The summed E-state index contributed by atoms with van der Waals surface area (Å²) in [5.41, 5.74) is 2.70. The minimum atomic E-state index is 0.0765. The molecule has 4 rings (SSSR count). The largest absolute Gasteiger partial charge is 0.489 e. The summed E-state index contributed by atoms with van der Waals surface area (Å²) >= 11 is 0. The van der Waals surface area contributed by atoms with Crippen molar-refractivity contribution in [3.8, 4) is 5.75 Å². The van der Waals surface area contributed by atoms with Crippen molar-refractivity contribution >= 4 is 17.4 Å². The molecule has 3 aromatic rings. The second kappa shape index (κ2) is 8.57. The highest BCUT2D eigenvalue weighted by Gasteiger charge is 2.19. The molecule has 1 saturated heterocycles. The summed E-state index contributed by atoms with van der Waals surface area (Å²) in [6.07, 6.45) is 3.84. The van der Waals surface area contributed by atoms with Crippen LogP contribution < -0.4 is 10.1 Å². The zero-order chi connectivity index (χ0) is 19.2. The van der Waals surface area contributed by atoms with Crippen LogP contribution in [0.2, 0.25) is 0 Å². The molecule has 2 aromatic carbocycles. The van der Waals surface area contributed by atoms with Gasteiger partial charge in [-0.3, -0.25) is 4.79 Å². The summed E-state index contributed by atoms with van der Waals surface area (Å²) in [4.78, 5) is 18.8. The molecule has 1 aliphatic rings. The minimum Gasteiger partial charge on any atom is -0.489 e. The second-order valence-corrected chi connectivity index (χ2v) is 6.85. The SMILES string of the molecule is O=C(c1ccnc(Nc2ccc(OCc3ccccc3)cc2)c1)N1CCCC1. The predicted octanol–water partition coefficient (Wildman–Crippen LogP) is 4.64. The Morgan fingerprint density at radius 3 is 2.50 bits per heavy atom. The van der Waals surface area contributed by atoms with Crippen LogP contribution in [-0.2, 0) is 6.61 Å². The van der Waals surface area contributed by atoms with Crippen LogP contribution in [0, 0.1) is 0 Å². The molecule has 0 spiro atoms. The molecule has 1 aromatic heterocycles. The molecule has 0 unspecified atom stereocenters. The van der Waals surface area contributed by atoms with Crippen molar-refractivity contribution in [2.45, 2.75) is 19.4 Å². The van der Waals surface area contributed by atoms with Gasteiger partial charge in [-0.25, -0.2) is 4.98 Å². The van der Waals surface area contributed by atoms with Crippen LogP contribution in [-0.4, -0.2) is 28.9 Å². The van der Waals surface area contributed by atoms with Crippen LogP contribution in [0.25, 0.3) is 0 Å². The number of pyridine rings is 1. The lowest BCUT2D eigenvalue weighted by Crippen LogP contribution is -2.27. The molecule has 0 saturated carbocycles. The molecule has 5 nitrogen and oxygen atoms in total. The van der Waals surface area contributed by atoms with Gasteiger partial charge in [0.2, 0.25) is 0 Å². The van der Waals surface area contributed by atoms with Gasteiger partial charge >= 0.3 is 0 Å². The zero-order valence-electron chi connectivity index (χ0n) is 15.7. The fourth-order valence-corrected chi connectivity index (χ4v) is 3.26. The molecular formula is C23H23N3O2. The molecule has 28 heavy (non-hydrogen) atoms. The predicted molar refractivity (Wildman–Crippen MR) is 110 cm³/mol. The van der Waals surface area contributed by atoms with E-state index in [2.05, 4.69) is 10.3 Å². The number of nitrogens with zero attached hydrogens (tertiary/aromatic N) is 2. The minimum absolute atomic E-state index is 0.0765. The molecule has 1 fully saturated rings. The van der Waals surface area contributed by atoms with Gasteiger partial charge in [0.05, 0.1) is 0 Å². The van der Waals surface area contributed by atoms with Crippen molar-refractivity contribution in [2.24, 2.45) is 0 Å². The summed E-state index contributed by atoms with van der Waals surface area (Å²) in [6.45, 7) is 2.22. The molecule has 1 aliphatic heterocycles. The van der Waals surface area contributed by atoms with Gasteiger partial charge in [-0.15, -0.1) is 0 Å². The van der Waals surface area contributed by atoms with Gasteiger partial charge in [0.15, 0.2) is 0 Å². The molecular weight excluding hydrogens is 350 g/mol. The van der Waals surface area contributed by atoms with E-state index in [0.717, 1.165) is 42.9 Å². The van der Waals surface area contributed by atoms with Crippen molar-refractivity contribution in [3.63, 3.8) is 0 Å². The van der Waals surface area contributed by atoms with Gasteiger partial charge in [-0.1, -0.05) is 30.3 Å². The van der Waals surface area contributed by atoms with E-state index in [9.17, 15) is 4.79 Å². The molecule has 0 atom stereocenters. The Labute approximate surface area is 165 Å². The maximum absolute atomic E-state index is 12.5. The number of hydrogen-bond acceptors (Lipinski definition) is 4. The molecule has 1 amide bonds. The third-order valence-corrected chi connectivity index (χ3v) is 4.78. The highest BCUT2D eigenvalue weighted by Crippen LogP contribution is 2.21. The Bertz CT molecular complexity index is 920. The monoisotopic (exact) mass is 373 g/mol. The smallest absolute Gasteiger partial charge is 0.254 e. The summed E-state index contributed by atoms with van der Waals surface area (Å²) in [5.74, 6) is 1.54. The molecule has 142 valence electrons. The zero-order valence-corrected chi connectivity index (χ0v) is 15.7. The number of aromatic nitrogens is 1. The molecule has 0 radical (unpaired) electrons. The van der Waals surface area contributed by atoms with Crippen molar-refractivity contribution in [1.82, 2.24) is 9.88 Å². The summed E-state index contributed by atoms with van der Waals surface area (Å²) < 4.78 is 5.81. The fraction of sp³-hybridized carbons (Fsp3) is 0.217. The number of anilines is 2. The molecule has 2 heterocycles. The third kappa shape index (κ3) is 4.49. The number of carbonyl (C=O) groups is 1. The van der Waals surface area contributed by atoms with Crippen LogP contribution in [0.5, 0.6) is 5.75 Å². The molecule has 0 aliphatic carbocycles. The van der Waals surface area contributed by atoms with Gasteiger partial charge in [0, 0.05) is 30.5 Å². The Kier molecular flexibility index (Phi) is 5.52. The van der Waals surface area contributed by atoms with Crippen LogP contribution >= 0.6 is 0 Å². The number of likely N-dealkylation sites (tertiary alicyclic amines) is 1. The molecule has 1 N–H and O–H groups in total. The second-order valence-electron chi connectivity index (χ2n) is 6.85. The van der Waals surface area contributed by atoms with Crippen molar-refractivity contribution < 1.29 is 9.53 Å². The highest BCUT2D eigenvalue weighted by atomic mass is 16.5. The Hall–Kier alpha value is -3.34.